The van der Waals surface area contributed by atoms with Gasteiger partial charge in [0.25, 0.3) is 0 Å². The second-order valence-corrected chi connectivity index (χ2v) is 7.08. The van der Waals surface area contributed by atoms with Gasteiger partial charge in [0.2, 0.25) is 0 Å². The van der Waals surface area contributed by atoms with E-state index >= 15 is 0 Å². The first-order chi connectivity index (χ1) is 7.24. The van der Waals surface area contributed by atoms with Crippen LogP contribution in [0.15, 0.2) is 15.9 Å². The van der Waals surface area contributed by atoms with Crippen LogP contribution < -0.4 is 5.32 Å². The zero-order valence-corrected chi connectivity index (χ0v) is 11.5. The highest BCUT2D eigenvalue weighted by molar-refractivity contribution is 9.11. The van der Waals surface area contributed by atoms with Crippen molar-refractivity contribution in [2.75, 3.05) is 6.54 Å². The predicted octanol–water partition coefficient (Wildman–Crippen LogP) is 3.83. The topological polar surface area (TPSA) is 12.0 Å². The number of hydrogen-bond acceptors (Lipinski definition) is 2. The molecule has 1 nitrogen and oxygen atoms in total. The highest BCUT2D eigenvalue weighted by atomic mass is 79.9. The quantitative estimate of drug-likeness (QED) is 0.839. The number of rotatable bonds is 6. The standard InChI is InChI=1S/C12H18BrNS/c1-9(8-14-10-3-4-10)2-5-11-6-7-12(13)15-11/h6-7,9-10,14H,2-5,8H2,1H3. The van der Waals surface area contributed by atoms with Crippen molar-refractivity contribution in [1.29, 1.82) is 0 Å². The Balaban J connectivity index is 1.63. The molecule has 0 bridgehead atoms. The van der Waals surface area contributed by atoms with E-state index in [9.17, 15) is 0 Å². The normalized spacial score (nSPS) is 18.0. The van der Waals surface area contributed by atoms with Gasteiger partial charge < -0.3 is 5.32 Å². The van der Waals surface area contributed by atoms with E-state index in [1.165, 1.54) is 40.9 Å². The van der Waals surface area contributed by atoms with Crippen LogP contribution in [-0.4, -0.2) is 12.6 Å². The zero-order chi connectivity index (χ0) is 10.7. The molecule has 84 valence electrons. The van der Waals surface area contributed by atoms with E-state index in [0.29, 0.717) is 0 Å². The molecule has 1 aliphatic carbocycles. The Bertz CT molecular complexity index is 306. The molecular formula is C12H18BrNS. The first-order valence-electron chi connectivity index (χ1n) is 5.71. The molecule has 1 atom stereocenters. The molecule has 0 saturated heterocycles. The van der Waals surface area contributed by atoms with Crippen LogP contribution in [0.1, 0.15) is 31.1 Å². The summed E-state index contributed by atoms with van der Waals surface area (Å²) in [6.07, 6.45) is 5.31. The third-order valence-corrected chi connectivity index (χ3v) is 4.53. The van der Waals surface area contributed by atoms with Crippen LogP contribution in [0.5, 0.6) is 0 Å². The van der Waals surface area contributed by atoms with Crippen molar-refractivity contribution in [1.82, 2.24) is 5.32 Å². The van der Waals surface area contributed by atoms with Crippen LogP contribution in [-0.2, 0) is 6.42 Å². The van der Waals surface area contributed by atoms with Gasteiger partial charge in [0.1, 0.15) is 0 Å². The molecule has 3 heteroatoms. The molecule has 1 aromatic heterocycles. The molecule has 1 N–H and O–H groups in total. The van der Waals surface area contributed by atoms with Gasteiger partial charge in [0.15, 0.2) is 0 Å². The van der Waals surface area contributed by atoms with E-state index < -0.39 is 0 Å². The maximum absolute atomic E-state index is 3.59. The second-order valence-electron chi connectivity index (χ2n) is 4.53. The van der Waals surface area contributed by atoms with Gasteiger partial charge in [-0.1, -0.05) is 6.92 Å². The summed E-state index contributed by atoms with van der Waals surface area (Å²) in [6.45, 7) is 3.54. The van der Waals surface area contributed by atoms with Gasteiger partial charge in [-0.15, -0.1) is 11.3 Å². The molecule has 0 aromatic carbocycles. The Morgan fingerprint density at radius 2 is 2.33 bits per heavy atom. The van der Waals surface area contributed by atoms with Crippen LogP contribution >= 0.6 is 27.3 Å². The minimum atomic E-state index is 0.798. The fourth-order valence-corrected chi connectivity index (χ4v) is 3.13. The van der Waals surface area contributed by atoms with Crippen molar-refractivity contribution in [2.45, 2.75) is 38.6 Å². The summed E-state index contributed by atoms with van der Waals surface area (Å²) in [7, 11) is 0. The van der Waals surface area contributed by atoms with Gasteiger partial charge in [0.05, 0.1) is 3.79 Å². The Kier molecular flexibility index (Phi) is 4.23. The van der Waals surface area contributed by atoms with Crippen molar-refractivity contribution in [3.05, 3.63) is 20.8 Å². The van der Waals surface area contributed by atoms with E-state index in [0.717, 1.165) is 12.0 Å². The largest absolute Gasteiger partial charge is 0.314 e. The molecule has 1 fully saturated rings. The SMILES string of the molecule is CC(CCc1ccc(Br)s1)CNC1CC1. The minimum absolute atomic E-state index is 0.798. The third kappa shape index (κ3) is 4.25. The van der Waals surface area contributed by atoms with Crippen LogP contribution in [0.3, 0.4) is 0 Å². The fourth-order valence-electron chi connectivity index (χ4n) is 1.63. The van der Waals surface area contributed by atoms with Crippen molar-refractivity contribution in [2.24, 2.45) is 5.92 Å². The van der Waals surface area contributed by atoms with Crippen molar-refractivity contribution >= 4 is 27.3 Å². The van der Waals surface area contributed by atoms with Crippen molar-refractivity contribution in [3.8, 4) is 0 Å². The maximum atomic E-state index is 3.59. The van der Waals surface area contributed by atoms with Gasteiger partial charge in [0, 0.05) is 10.9 Å². The minimum Gasteiger partial charge on any atom is -0.314 e. The molecule has 1 aromatic rings. The molecular weight excluding hydrogens is 270 g/mol. The Hall–Kier alpha value is 0.140. The Labute approximate surface area is 104 Å². The first kappa shape index (κ1) is 11.6. The lowest BCUT2D eigenvalue weighted by Gasteiger charge is -2.11. The van der Waals surface area contributed by atoms with E-state index in [1.54, 1.807) is 0 Å². The summed E-state index contributed by atoms with van der Waals surface area (Å²) < 4.78 is 1.25. The molecule has 0 aliphatic heterocycles. The summed E-state index contributed by atoms with van der Waals surface area (Å²) in [6, 6.07) is 5.23. The molecule has 0 radical (unpaired) electrons. The van der Waals surface area contributed by atoms with E-state index in [1.807, 2.05) is 11.3 Å². The van der Waals surface area contributed by atoms with Crippen molar-refractivity contribution < 1.29 is 0 Å². The third-order valence-electron chi connectivity index (χ3n) is 2.84. The molecule has 1 saturated carbocycles. The molecule has 0 amide bonds. The summed E-state index contributed by atoms with van der Waals surface area (Å²) in [5.74, 6) is 0.798. The summed E-state index contributed by atoms with van der Waals surface area (Å²) in [4.78, 5) is 1.50. The molecule has 1 aliphatic rings. The second kappa shape index (κ2) is 5.46. The fraction of sp³-hybridized carbons (Fsp3) is 0.667. The van der Waals surface area contributed by atoms with Gasteiger partial charge in [-0.2, -0.15) is 0 Å². The lowest BCUT2D eigenvalue weighted by molar-refractivity contribution is 0.481. The van der Waals surface area contributed by atoms with Crippen molar-refractivity contribution in [3.63, 3.8) is 0 Å². The highest BCUT2D eigenvalue weighted by Crippen LogP contribution is 2.24. The average molecular weight is 288 g/mol. The summed E-state index contributed by atoms with van der Waals surface area (Å²) in [5, 5.41) is 3.59. The molecule has 2 rings (SSSR count). The average Bonchev–Trinajstić information content (AvgIpc) is 2.95. The van der Waals surface area contributed by atoms with E-state index in [2.05, 4.69) is 40.3 Å². The molecule has 1 heterocycles. The Morgan fingerprint density at radius 3 is 2.93 bits per heavy atom. The summed E-state index contributed by atoms with van der Waals surface area (Å²) in [5.41, 5.74) is 0. The van der Waals surface area contributed by atoms with Gasteiger partial charge in [-0.3, -0.25) is 0 Å². The van der Waals surface area contributed by atoms with Gasteiger partial charge in [-0.05, 0) is 66.2 Å². The van der Waals surface area contributed by atoms with Gasteiger partial charge in [-0.25, -0.2) is 0 Å². The maximum Gasteiger partial charge on any atom is 0.0701 e. The smallest absolute Gasteiger partial charge is 0.0701 e. The number of aryl methyl sites for hydroxylation is 1. The highest BCUT2D eigenvalue weighted by Gasteiger charge is 2.20. The number of nitrogens with one attached hydrogen (secondary N) is 1. The van der Waals surface area contributed by atoms with E-state index in [-0.39, 0.29) is 0 Å². The van der Waals surface area contributed by atoms with Gasteiger partial charge >= 0.3 is 0 Å². The Morgan fingerprint density at radius 1 is 1.53 bits per heavy atom. The zero-order valence-electron chi connectivity index (χ0n) is 9.13. The molecule has 0 spiro atoms. The van der Waals surface area contributed by atoms with Crippen LogP contribution in [0.2, 0.25) is 0 Å². The predicted molar refractivity (Wildman–Crippen MR) is 70.5 cm³/mol. The lowest BCUT2D eigenvalue weighted by atomic mass is 10.1. The number of halogens is 1. The van der Waals surface area contributed by atoms with Crippen LogP contribution in [0.4, 0.5) is 0 Å². The molecule has 1 unspecified atom stereocenters. The number of hydrogen-bond donors (Lipinski definition) is 1. The van der Waals surface area contributed by atoms with Crippen LogP contribution in [0.25, 0.3) is 0 Å². The first-order valence-corrected chi connectivity index (χ1v) is 7.32. The van der Waals surface area contributed by atoms with Crippen LogP contribution in [0, 0.1) is 5.92 Å². The van der Waals surface area contributed by atoms with E-state index in [4.69, 9.17) is 0 Å². The molecule has 15 heavy (non-hydrogen) atoms. The monoisotopic (exact) mass is 287 g/mol. The number of thiophene rings is 1. The summed E-state index contributed by atoms with van der Waals surface area (Å²) >= 11 is 5.37. The lowest BCUT2D eigenvalue weighted by Crippen LogP contribution is -2.23.